The molecule has 7 nitrogen and oxygen atoms in total. The third kappa shape index (κ3) is 6.35. The van der Waals surface area contributed by atoms with Gasteiger partial charge in [-0.25, -0.2) is 4.39 Å². The van der Waals surface area contributed by atoms with Crippen molar-refractivity contribution in [1.82, 2.24) is 4.90 Å². The predicted octanol–water partition coefficient (Wildman–Crippen LogP) is 4.79. The molecule has 1 aliphatic heterocycles. The summed E-state index contributed by atoms with van der Waals surface area (Å²) in [5.41, 5.74) is 1.01. The highest BCUT2D eigenvalue weighted by molar-refractivity contribution is 8.18. The van der Waals surface area contributed by atoms with Crippen molar-refractivity contribution >= 4 is 35.0 Å². The summed E-state index contributed by atoms with van der Waals surface area (Å²) in [6.45, 7) is 5.14. The number of benzene rings is 2. The van der Waals surface area contributed by atoms with Crippen molar-refractivity contribution in [3.8, 4) is 11.5 Å². The van der Waals surface area contributed by atoms with Crippen LogP contribution in [0, 0.1) is 5.82 Å². The lowest BCUT2D eigenvalue weighted by atomic mass is 10.1. The summed E-state index contributed by atoms with van der Waals surface area (Å²) in [6, 6.07) is 11.3. The van der Waals surface area contributed by atoms with E-state index in [0.29, 0.717) is 29.2 Å². The van der Waals surface area contributed by atoms with Gasteiger partial charge in [-0.05, 0) is 62.4 Å². The Morgan fingerprint density at radius 2 is 1.88 bits per heavy atom. The van der Waals surface area contributed by atoms with Crippen LogP contribution in [0.4, 0.5) is 9.18 Å². The minimum absolute atomic E-state index is 0.0253. The molecule has 33 heavy (non-hydrogen) atoms. The summed E-state index contributed by atoms with van der Waals surface area (Å²) < 4.78 is 30.3. The molecule has 1 heterocycles. The molecule has 0 radical (unpaired) electrons. The molecule has 0 spiro atoms. The van der Waals surface area contributed by atoms with Crippen LogP contribution < -0.4 is 9.47 Å². The number of carbonyl (C=O) groups excluding carboxylic acids is 3. The molecule has 0 aromatic heterocycles. The Morgan fingerprint density at radius 1 is 1.12 bits per heavy atom. The van der Waals surface area contributed by atoms with E-state index in [2.05, 4.69) is 0 Å². The van der Waals surface area contributed by atoms with Crippen molar-refractivity contribution in [2.45, 2.75) is 33.5 Å². The molecular formula is C24H24FNO6S. The molecule has 0 aliphatic carbocycles. The maximum Gasteiger partial charge on any atom is 0.326 e. The number of hydrogen-bond donors (Lipinski definition) is 0. The SMILES string of the molecule is CCOc1cc(/C=C2/SC(=O)N(CC(=O)OC(C)C)C2=O)ccc1OCc1ccccc1F. The standard InChI is InChI=1S/C24H24FNO6S/c1-4-30-20-11-16(9-10-19(20)31-14-17-7-5-6-8-18(17)25)12-21-23(28)26(24(29)33-21)13-22(27)32-15(2)3/h5-12,15H,4,13-14H2,1-3H3/b21-12+. The second-order valence-corrected chi connectivity index (χ2v) is 8.32. The zero-order valence-electron chi connectivity index (χ0n) is 18.5. The van der Waals surface area contributed by atoms with Crippen LogP contribution in [0.15, 0.2) is 47.4 Å². The smallest absolute Gasteiger partial charge is 0.326 e. The molecule has 1 saturated heterocycles. The summed E-state index contributed by atoms with van der Waals surface area (Å²) in [5.74, 6) is -0.740. The topological polar surface area (TPSA) is 82.1 Å². The Morgan fingerprint density at radius 3 is 2.58 bits per heavy atom. The van der Waals surface area contributed by atoms with Gasteiger partial charge in [0.25, 0.3) is 11.1 Å². The molecule has 0 saturated carbocycles. The lowest BCUT2D eigenvalue weighted by Gasteiger charge is -2.14. The van der Waals surface area contributed by atoms with Crippen molar-refractivity contribution < 1.29 is 33.0 Å². The highest BCUT2D eigenvalue weighted by Crippen LogP contribution is 2.35. The second kappa shape index (κ2) is 11.0. The average Bonchev–Trinajstić information content (AvgIpc) is 3.01. The Hall–Kier alpha value is -3.33. The van der Waals surface area contributed by atoms with E-state index in [4.69, 9.17) is 14.2 Å². The third-order valence-electron chi connectivity index (χ3n) is 4.43. The van der Waals surface area contributed by atoms with Crippen LogP contribution >= 0.6 is 11.8 Å². The molecule has 2 amide bonds. The van der Waals surface area contributed by atoms with E-state index in [1.165, 1.54) is 6.07 Å². The summed E-state index contributed by atoms with van der Waals surface area (Å²) in [6.07, 6.45) is 1.20. The van der Waals surface area contributed by atoms with Crippen LogP contribution in [-0.4, -0.2) is 41.3 Å². The van der Waals surface area contributed by atoms with E-state index in [0.717, 1.165) is 16.7 Å². The van der Waals surface area contributed by atoms with Gasteiger partial charge in [0, 0.05) is 5.56 Å². The molecular weight excluding hydrogens is 449 g/mol. The van der Waals surface area contributed by atoms with Gasteiger partial charge in [-0.3, -0.25) is 19.3 Å². The number of ether oxygens (including phenoxy) is 3. The fourth-order valence-corrected chi connectivity index (χ4v) is 3.83. The Kier molecular flexibility index (Phi) is 8.11. The number of hydrogen-bond acceptors (Lipinski definition) is 7. The number of carbonyl (C=O) groups is 3. The van der Waals surface area contributed by atoms with Crippen LogP contribution in [-0.2, 0) is 20.9 Å². The molecule has 9 heteroatoms. The van der Waals surface area contributed by atoms with E-state index in [9.17, 15) is 18.8 Å². The first-order chi connectivity index (χ1) is 15.8. The minimum Gasteiger partial charge on any atom is -0.490 e. The quantitative estimate of drug-likeness (QED) is 0.382. The van der Waals surface area contributed by atoms with Crippen LogP contribution in [0.3, 0.4) is 0 Å². The van der Waals surface area contributed by atoms with E-state index in [1.54, 1.807) is 56.3 Å². The van der Waals surface area contributed by atoms with Crippen molar-refractivity contribution in [2.75, 3.05) is 13.2 Å². The molecule has 3 rings (SSSR count). The monoisotopic (exact) mass is 473 g/mol. The van der Waals surface area contributed by atoms with Crippen LogP contribution in [0.25, 0.3) is 6.08 Å². The van der Waals surface area contributed by atoms with Crippen molar-refractivity contribution in [2.24, 2.45) is 0 Å². The molecule has 0 atom stereocenters. The van der Waals surface area contributed by atoms with Crippen LogP contribution in [0.5, 0.6) is 11.5 Å². The zero-order chi connectivity index (χ0) is 24.0. The number of nitrogens with zero attached hydrogens (tertiary/aromatic N) is 1. The van der Waals surface area contributed by atoms with Gasteiger partial charge >= 0.3 is 5.97 Å². The maximum absolute atomic E-state index is 13.9. The number of imide groups is 1. The molecule has 174 valence electrons. The lowest BCUT2D eigenvalue weighted by Crippen LogP contribution is -2.35. The average molecular weight is 474 g/mol. The predicted molar refractivity (Wildman–Crippen MR) is 122 cm³/mol. The summed E-state index contributed by atoms with van der Waals surface area (Å²) in [7, 11) is 0. The van der Waals surface area contributed by atoms with E-state index in [1.807, 2.05) is 6.92 Å². The molecule has 1 fully saturated rings. The molecule has 1 aliphatic rings. The zero-order valence-corrected chi connectivity index (χ0v) is 19.3. The van der Waals surface area contributed by atoms with Gasteiger partial charge in [-0.1, -0.05) is 24.3 Å². The van der Waals surface area contributed by atoms with Gasteiger partial charge < -0.3 is 14.2 Å². The number of rotatable bonds is 9. The van der Waals surface area contributed by atoms with Gasteiger partial charge in [0.15, 0.2) is 11.5 Å². The molecule has 2 aromatic carbocycles. The first-order valence-electron chi connectivity index (χ1n) is 10.4. The maximum atomic E-state index is 13.9. The van der Waals surface area contributed by atoms with Crippen LogP contribution in [0.2, 0.25) is 0 Å². The van der Waals surface area contributed by atoms with E-state index < -0.39 is 23.7 Å². The number of thioether (sulfide) groups is 1. The normalized spacial score (nSPS) is 14.8. The third-order valence-corrected chi connectivity index (χ3v) is 5.34. The van der Waals surface area contributed by atoms with E-state index >= 15 is 0 Å². The number of halogens is 1. The van der Waals surface area contributed by atoms with Gasteiger partial charge in [0.2, 0.25) is 0 Å². The number of amides is 2. The molecule has 2 aromatic rings. The Balaban J connectivity index is 1.75. The Bertz CT molecular complexity index is 1080. The van der Waals surface area contributed by atoms with Crippen LogP contribution in [0.1, 0.15) is 31.9 Å². The van der Waals surface area contributed by atoms with Crippen molar-refractivity contribution in [3.05, 3.63) is 64.3 Å². The molecule has 0 N–H and O–H groups in total. The van der Waals surface area contributed by atoms with Gasteiger partial charge in [0.1, 0.15) is 19.0 Å². The number of esters is 1. The summed E-state index contributed by atoms with van der Waals surface area (Å²) in [4.78, 5) is 37.7. The first kappa shape index (κ1) is 24.3. The van der Waals surface area contributed by atoms with Crippen molar-refractivity contribution in [3.63, 3.8) is 0 Å². The largest absolute Gasteiger partial charge is 0.490 e. The fourth-order valence-electron chi connectivity index (χ4n) is 2.99. The van der Waals surface area contributed by atoms with Crippen molar-refractivity contribution in [1.29, 1.82) is 0 Å². The molecule has 0 unspecified atom stereocenters. The first-order valence-corrected chi connectivity index (χ1v) is 11.2. The minimum atomic E-state index is -0.650. The van der Waals surface area contributed by atoms with E-state index in [-0.39, 0.29) is 23.4 Å². The van der Waals surface area contributed by atoms with Gasteiger partial charge in [-0.15, -0.1) is 0 Å². The highest BCUT2D eigenvalue weighted by Gasteiger charge is 2.36. The summed E-state index contributed by atoms with van der Waals surface area (Å²) in [5, 5.41) is -0.540. The second-order valence-electron chi connectivity index (χ2n) is 7.33. The Labute approximate surface area is 195 Å². The lowest BCUT2D eigenvalue weighted by molar-refractivity contribution is -0.149. The highest BCUT2D eigenvalue weighted by atomic mass is 32.2. The van der Waals surface area contributed by atoms with Gasteiger partial charge in [-0.2, -0.15) is 0 Å². The van der Waals surface area contributed by atoms with Gasteiger partial charge in [0.05, 0.1) is 17.6 Å². The summed E-state index contributed by atoms with van der Waals surface area (Å²) >= 11 is 0.747. The fraction of sp³-hybridized carbons (Fsp3) is 0.292. The molecule has 0 bridgehead atoms.